The van der Waals surface area contributed by atoms with Crippen LogP contribution in [0.25, 0.3) is 0 Å². The third kappa shape index (κ3) is 3.48. The standard InChI is InChI=1S/C15H13ClINO/c1-9-3-4-11(7-10(9)2)15(19)18-14-6-5-12(16)8-13(14)17/h3-8H,1-2H3,(H,18,19). The van der Waals surface area contributed by atoms with Crippen LogP contribution in [0, 0.1) is 17.4 Å². The van der Waals surface area contributed by atoms with Gasteiger partial charge in [0, 0.05) is 14.2 Å². The van der Waals surface area contributed by atoms with Crippen molar-refractivity contribution in [3.8, 4) is 0 Å². The lowest BCUT2D eigenvalue weighted by Crippen LogP contribution is -2.13. The Morgan fingerprint density at radius 3 is 2.47 bits per heavy atom. The number of aryl methyl sites for hydroxylation is 2. The van der Waals surface area contributed by atoms with Gasteiger partial charge in [-0.1, -0.05) is 17.7 Å². The lowest BCUT2D eigenvalue weighted by molar-refractivity contribution is 0.102. The Balaban J connectivity index is 2.23. The van der Waals surface area contributed by atoms with Gasteiger partial charge in [-0.2, -0.15) is 0 Å². The first-order valence-corrected chi connectivity index (χ1v) is 7.26. The summed E-state index contributed by atoms with van der Waals surface area (Å²) in [6, 6.07) is 11.1. The predicted octanol–water partition coefficient (Wildman–Crippen LogP) is 4.81. The number of benzene rings is 2. The van der Waals surface area contributed by atoms with E-state index in [0.29, 0.717) is 10.6 Å². The number of amides is 1. The van der Waals surface area contributed by atoms with Gasteiger partial charge in [0.1, 0.15) is 0 Å². The van der Waals surface area contributed by atoms with Crippen molar-refractivity contribution in [1.29, 1.82) is 0 Å². The second-order valence-electron chi connectivity index (χ2n) is 4.38. The SMILES string of the molecule is Cc1ccc(C(=O)Nc2ccc(Cl)cc2I)cc1C. The van der Waals surface area contributed by atoms with Crippen LogP contribution < -0.4 is 5.32 Å². The zero-order valence-corrected chi connectivity index (χ0v) is 13.5. The molecule has 0 radical (unpaired) electrons. The van der Waals surface area contributed by atoms with Crippen molar-refractivity contribution in [2.45, 2.75) is 13.8 Å². The molecular formula is C15H13ClINO. The van der Waals surface area contributed by atoms with E-state index in [-0.39, 0.29) is 5.91 Å². The number of nitrogens with one attached hydrogen (secondary N) is 1. The van der Waals surface area contributed by atoms with Crippen LogP contribution in [-0.4, -0.2) is 5.91 Å². The first-order chi connectivity index (χ1) is 8.97. The Bertz CT molecular complexity index is 640. The van der Waals surface area contributed by atoms with Gasteiger partial charge in [-0.3, -0.25) is 4.79 Å². The highest BCUT2D eigenvalue weighted by molar-refractivity contribution is 14.1. The van der Waals surface area contributed by atoms with Gasteiger partial charge in [-0.15, -0.1) is 0 Å². The van der Waals surface area contributed by atoms with Crippen molar-refractivity contribution >= 4 is 45.8 Å². The lowest BCUT2D eigenvalue weighted by atomic mass is 10.1. The molecule has 2 aromatic carbocycles. The van der Waals surface area contributed by atoms with Gasteiger partial charge < -0.3 is 5.32 Å². The second kappa shape index (κ2) is 5.92. The van der Waals surface area contributed by atoms with Crippen molar-refractivity contribution in [1.82, 2.24) is 0 Å². The van der Waals surface area contributed by atoms with Gasteiger partial charge >= 0.3 is 0 Å². The fourth-order valence-electron chi connectivity index (χ4n) is 1.67. The first kappa shape index (κ1) is 14.3. The molecule has 1 N–H and O–H groups in total. The van der Waals surface area contributed by atoms with E-state index in [1.165, 1.54) is 5.56 Å². The van der Waals surface area contributed by atoms with Crippen molar-refractivity contribution in [2.75, 3.05) is 5.32 Å². The number of rotatable bonds is 2. The predicted molar refractivity (Wildman–Crippen MR) is 88.0 cm³/mol. The Labute approximate surface area is 131 Å². The maximum atomic E-state index is 12.2. The largest absolute Gasteiger partial charge is 0.321 e. The van der Waals surface area contributed by atoms with Crippen molar-refractivity contribution in [2.24, 2.45) is 0 Å². The highest BCUT2D eigenvalue weighted by Crippen LogP contribution is 2.23. The fourth-order valence-corrected chi connectivity index (χ4v) is 2.67. The summed E-state index contributed by atoms with van der Waals surface area (Å²) in [4.78, 5) is 12.2. The molecule has 4 heteroatoms. The maximum absolute atomic E-state index is 12.2. The number of hydrogen-bond acceptors (Lipinski definition) is 1. The van der Waals surface area contributed by atoms with E-state index < -0.39 is 0 Å². The molecule has 2 aromatic rings. The molecule has 98 valence electrons. The van der Waals surface area contributed by atoms with Crippen LogP contribution >= 0.6 is 34.2 Å². The Kier molecular flexibility index (Phi) is 4.47. The van der Waals surface area contributed by atoms with Crippen LogP contribution in [-0.2, 0) is 0 Å². The molecule has 0 unspecified atom stereocenters. The molecule has 0 saturated heterocycles. The number of carbonyl (C=O) groups excluding carboxylic acids is 1. The Morgan fingerprint density at radius 1 is 1.11 bits per heavy atom. The van der Waals surface area contributed by atoms with Crippen LogP contribution in [0.1, 0.15) is 21.5 Å². The van der Waals surface area contributed by atoms with Crippen molar-refractivity contribution in [3.63, 3.8) is 0 Å². The molecule has 1 amide bonds. The van der Waals surface area contributed by atoms with E-state index >= 15 is 0 Å². The summed E-state index contributed by atoms with van der Waals surface area (Å²) in [7, 11) is 0. The molecule has 0 aliphatic rings. The van der Waals surface area contributed by atoms with E-state index in [4.69, 9.17) is 11.6 Å². The second-order valence-corrected chi connectivity index (χ2v) is 5.98. The summed E-state index contributed by atoms with van der Waals surface area (Å²) in [5.74, 6) is -0.108. The highest BCUT2D eigenvalue weighted by atomic mass is 127. The van der Waals surface area contributed by atoms with Gasteiger partial charge in [0.2, 0.25) is 0 Å². The zero-order chi connectivity index (χ0) is 14.0. The number of anilines is 1. The lowest BCUT2D eigenvalue weighted by Gasteiger charge is -2.09. The molecule has 0 aromatic heterocycles. The Morgan fingerprint density at radius 2 is 1.84 bits per heavy atom. The van der Waals surface area contributed by atoms with Crippen LogP contribution in [0.15, 0.2) is 36.4 Å². The number of halogens is 2. The molecule has 0 aliphatic carbocycles. The summed E-state index contributed by atoms with van der Waals surface area (Å²) in [6.45, 7) is 4.03. The molecule has 0 aliphatic heterocycles. The molecular weight excluding hydrogens is 373 g/mol. The van der Waals surface area contributed by atoms with Crippen LogP contribution in [0.5, 0.6) is 0 Å². The van der Waals surface area contributed by atoms with E-state index in [0.717, 1.165) is 14.8 Å². The minimum absolute atomic E-state index is 0.108. The average Bonchev–Trinajstić information content (AvgIpc) is 2.36. The highest BCUT2D eigenvalue weighted by Gasteiger charge is 2.09. The van der Waals surface area contributed by atoms with Gasteiger partial charge in [0.15, 0.2) is 0 Å². The van der Waals surface area contributed by atoms with Crippen LogP contribution in [0.2, 0.25) is 5.02 Å². The van der Waals surface area contributed by atoms with Crippen LogP contribution in [0.3, 0.4) is 0 Å². The van der Waals surface area contributed by atoms with Gasteiger partial charge in [-0.05, 0) is 77.9 Å². The molecule has 0 heterocycles. The minimum Gasteiger partial charge on any atom is -0.321 e. The van der Waals surface area contributed by atoms with E-state index in [9.17, 15) is 4.79 Å². The molecule has 0 saturated carbocycles. The first-order valence-electron chi connectivity index (χ1n) is 5.81. The normalized spacial score (nSPS) is 10.3. The zero-order valence-electron chi connectivity index (χ0n) is 10.6. The van der Waals surface area contributed by atoms with Gasteiger partial charge in [0.25, 0.3) is 5.91 Å². The minimum atomic E-state index is -0.108. The van der Waals surface area contributed by atoms with E-state index in [2.05, 4.69) is 27.9 Å². The topological polar surface area (TPSA) is 29.1 Å². The summed E-state index contributed by atoms with van der Waals surface area (Å²) >= 11 is 8.04. The summed E-state index contributed by atoms with van der Waals surface area (Å²) < 4.78 is 0.919. The summed E-state index contributed by atoms with van der Waals surface area (Å²) in [5, 5.41) is 3.56. The van der Waals surface area contributed by atoms with Crippen LogP contribution in [0.4, 0.5) is 5.69 Å². The third-order valence-electron chi connectivity index (χ3n) is 2.95. The van der Waals surface area contributed by atoms with Gasteiger partial charge in [0.05, 0.1) is 5.69 Å². The Hall–Kier alpha value is -1.07. The maximum Gasteiger partial charge on any atom is 0.255 e. The number of carbonyl (C=O) groups is 1. The average molecular weight is 386 g/mol. The van der Waals surface area contributed by atoms with E-state index in [1.807, 2.05) is 44.2 Å². The van der Waals surface area contributed by atoms with Crippen molar-refractivity contribution < 1.29 is 4.79 Å². The summed E-state index contributed by atoms with van der Waals surface area (Å²) in [6.07, 6.45) is 0. The quantitative estimate of drug-likeness (QED) is 0.738. The molecule has 0 spiro atoms. The fraction of sp³-hybridized carbons (Fsp3) is 0.133. The molecule has 2 rings (SSSR count). The van der Waals surface area contributed by atoms with E-state index in [1.54, 1.807) is 6.07 Å². The summed E-state index contributed by atoms with van der Waals surface area (Å²) in [5.41, 5.74) is 3.72. The third-order valence-corrected chi connectivity index (χ3v) is 4.08. The molecule has 19 heavy (non-hydrogen) atoms. The number of hydrogen-bond donors (Lipinski definition) is 1. The van der Waals surface area contributed by atoms with Crippen molar-refractivity contribution in [3.05, 3.63) is 61.7 Å². The molecule has 0 bridgehead atoms. The smallest absolute Gasteiger partial charge is 0.255 e. The molecule has 0 atom stereocenters. The molecule has 2 nitrogen and oxygen atoms in total. The van der Waals surface area contributed by atoms with Gasteiger partial charge in [-0.25, -0.2) is 0 Å². The molecule has 0 fully saturated rings. The monoisotopic (exact) mass is 385 g/mol.